The van der Waals surface area contributed by atoms with Gasteiger partial charge in [-0.3, -0.25) is 0 Å². The lowest BCUT2D eigenvalue weighted by Gasteiger charge is -2.40. The van der Waals surface area contributed by atoms with Crippen LogP contribution in [-0.4, -0.2) is 20.6 Å². The van der Waals surface area contributed by atoms with Gasteiger partial charge in [-0.05, 0) is 49.5 Å². The van der Waals surface area contributed by atoms with Gasteiger partial charge in [0, 0.05) is 16.3 Å². The van der Waals surface area contributed by atoms with Gasteiger partial charge in [0.1, 0.15) is 0 Å². The second-order valence-corrected chi connectivity index (χ2v) is 7.02. The van der Waals surface area contributed by atoms with Gasteiger partial charge in [0.25, 0.3) is 0 Å². The molecule has 0 aliphatic heterocycles. The van der Waals surface area contributed by atoms with E-state index in [9.17, 15) is 0 Å². The average molecular weight is 299 g/mol. The van der Waals surface area contributed by atoms with Crippen molar-refractivity contribution in [1.29, 1.82) is 0 Å². The summed E-state index contributed by atoms with van der Waals surface area (Å²) in [6.07, 6.45) is 6.09. The molecule has 18 heavy (non-hydrogen) atoms. The lowest BCUT2D eigenvalue weighted by Crippen LogP contribution is -2.37. The van der Waals surface area contributed by atoms with Gasteiger partial charge in [-0.25, -0.2) is 0 Å². The zero-order chi connectivity index (χ0) is 12.8. The second kappa shape index (κ2) is 4.58. The number of imidazole rings is 1. The highest BCUT2D eigenvalue weighted by atomic mass is 35.5. The molecule has 2 nitrogen and oxygen atoms in total. The third-order valence-corrected chi connectivity index (χ3v) is 5.84. The Balaban J connectivity index is 2.08. The predicted molar refractivity (Wildman–Crippen MR) is 82.2 cm³/mol. The number of hydrogen-bond donors (Lipinski definition) is 1. The maximum absolute atomic E-state index is 6.09. The molecule has 1 aliphatic carbocycles. The van der Waals surface area contributed by atoms with Crippen molar-refractivity contribution in [3.63, 3.8) is 0 Å². The van der Waals surface area contributed by atoms with Crippen molar-refractivity contribution in [3.8, 4) is 0 Å². The van der Waals surface area contributed by atoms with Crippen molar-refractivity contribution in [2.75, 3.05) is 6.26 Å². The van der Waals surface area contributed by atoms with E-state index in [2.05, 4.69) is 15.8 Å². The maximum Gasteiger partial charge on any atom is 0.178 e. The summed E-state index contributed by atoms with van der Waals surface area (Å²) in [5.74, 6) is 0. The minimum atomic E-state index is 0.371. The summed E-state index contributed by atoms with van der Waals surface area (Å²) in [6.45, 7) is 0.980. The Morgan fingerprint density at radius 3 is 2.89 bits per heavy atom. The summed E-state index contributed by atoms with van der Waals surface area (Å²) in [4.78, 5) is 3.26. The molecule has 2 aromatic rings. The van der Waals surface area contributed by atoms with E-state index in [0.29, 0.717) is 4.75 Å². The number of nitrogens with one attached hydrogen (secondary N) is 1. The van der Waals surface area contributed by atoms with E-state index >= 15 is 0 Å². The Kier molecular flexibility index (Phi) is 3.20. The lowest BCUT2D eigenvalue weighted by atomic mass is 9.84. The number of aromatic nitrogens is 2. The highest BCUT2D eigenvalue weighted by Gasteiger charge is 2.36. The second-order valence-electron chi connectivity index (χ2n) is 4.92. The molecule has 0 atom stereocenters. The Bertz CT molecular complexity index is 634. The van der Waals surface area contributed by atoms with E-state index in [1.165, 1.54) is 19.3 Å². The van der Waals surface area contributed by atoms with E-state index in [1.807, 2.05) is 30.0 Å². The van der Waals surface area contributed by atoms with Crippen LogP contribution >= 0.6 is 35.6 Å². The first-order valence-corrected chi connectivity index (χ1v) is 8.08. The largest absolute Gasteiger partial charge is 0.331 e. The van der Waals surface area contributed by atoms with Crippen LogP contribution in [0.3, 0.4) is 0 Å². The smallest absolute Gasteiger partial charge is 0.178 e. The number of H-pyrrole nitrogens is 1. The molecule has 1 aromatic heterocycles. The topological polar surface area (TPSA) is 20.7 Å². The van der Waals surface area contributed by atoms with E-state index in [-0.39, 0.29) is 0 Å². The Morgan fingerprint density at radius 1 is 1.50 bits per heavy atom. The number of thioether (sulfide) groups is 1. The molecule has 1 N–H and O–H groups in total. The van der Waals surface area contributed by atoms with Crippen molar-refractivity contribution in [1.82, 2.24) is 9.55 Å². The van der Waals surface area contributed by atoms with Crippen LogP contribution in [0.4, 0.5) is 0 Å². The van der Waals surface area contributed by atoms with Crippen molar-refractivity contribution in [3.05, 3.63) is 28.0 Å². The molecule has 5 heteroatoms. The third-order valence-electron chi connectivity index (χ3n) is 3.88. The van der Waals surface area contributed by atoms with Gasteiger partial charge in [0.05, 0.1) is 11.0 Å². The molecule has 3 rings (SSSR count). The summed E-state index contributed by atoms with van der Waals surface area (Å²) in [5, 5.41) is 0.761. The molecule has 0 spiro atoms. The number of fused-ring (bicyclic) bond motifs is 1. The molecular formula is C13H15ClN2S2. The number of nitrogens with zero attached hydrogens (tertiary/aromatic N) is 1. The van der Waals surface area contributed by atoms with Crippen LogP contribution in [-0.2, 0) is 6.54 Å². The van der Waals surface area contributed by atoms with Crippen molar-refractivity contribution in [2.45, 2.75) is 30.6 Å². The molecule has 96 valence electrons. The number of halogens is 1. The maximum atomic E-state index is 6.09. The van der Waals surface area contributed by atoms with Gasteiger partial charge in [-0.2, -0.15) is 11.8 Å². The van der Waals surface area contributed by atoms with Crippen molar-refractivity contribution < 1.29 is 0 Å². The van der Waals surface area contributed by atoms with Crippen LogP contribution in [0.5, 0.6) is 0 Å². The number of hydrogen-bond acceptors (Lipinski definition) is 2. The van der Waals surface area contributed by atoms with Crippen LogP contribution in [0, 0.1) is 4.77 Å². The molecule has 1 fully saturated rings. The van der Waals surface area contributed by atoms with Crippen molar-refractivity contribution in [2.24, 2.45) is 0 Å². The van der Waals surface area contributed by atoms with Crippen LogP contribution in [0.25, 0.3) is 11.0 Å². The predicted octanol–water partition coefficient (Wildman–Crippen LogP) is 4.64. The zero-order valence-corrected chi connectivity index (χ0v) is 12.6. The third kappa shape index (κ3) is 2.00. The molecule has 1 aliphatic rings. The summed E-state index contributed by atoms with van der Waals surface area (Å²) in [7, 11) is 0. The molecule has 0 unspecified atom stereocenters. The number of aromatic amines is 1. The normalized spacial score (nSPS) is 17.9. The quantitative estimate of drug-likeness (QED) is 0.833. The SMILES string of the molecule is CSC1(Cn2c(=S)[nH]c3ccc(Cl)cc32)CCC1. The molecule has 1 heterocycles. The fourth-order valence-electron chi connectivity index (χ4n) is 2.57. The van der Waals surface area contributed by atoms with E-state index in [1.54, 1.807) is 0 Å². The first-order valence-electron chi connectivity index (χ1n) is 6.07. The van der Waals surface area contributed by atoms with Crippen LogP contribution in [0.15, 0.2) is 18.2 Å². The summed E-state index contributed by atoms with van der Waals surface area (Å²) in [5.41, 5.74) is 2.19. The van der Waals surface area contributed by atoms with Crippen LogP contribution in [0.1, 0.15) is 19.3 Å². The molecule has 0 radical (unpaired) electrons. The number of rotatable bonds is 3. The molecule has 1 aromatic carbocycles. The first-order chi connectivity index (χ1) is 8.63. The Labute approximate surface area is 121 Å². The van der Waals surface area contributed by atoms with Crippen LogP contribution in [0.2, 0.25) is 5.02 Å². The molecule has 0 bridgehead atoms. The van der Waals surface area contributed by atoms with Crippen LogP contribution < -0.4 is 0 Å². The van der Waals surface area contributed by atoms with Gasteiger partial charge < -0.3 is 9.55 Å². The molecule has 0 amide bonds. The minimum Gasteiger partial charge on any atom is -0.331 e. The molecule has 1 saturated carbocycles. The summed E-state index contributed by atoms with van der Waals surface area (Å²) >= 11 is 13.5. The summed E-state index contributed by atoms with van der Waals surface area (Å²) in [6, 6.07) is 5.89. The first kappa shape index (κ1) is 12.6. The van der Waals surface area contributed by atoms with E-state index in [0.717, 1.165) is 27.4 Å². The fraction of sp³-hybridized carbons (Fsp3) is 0.462. The van der Waals surface area contributed by atoms with Gasteiger partial charge in [0.2, 0.25) is 0 Å². The zero-order valence-electron chi connectivity index (χ0n) is 10.2. The van der Waals surface area contributed by atoms with E-state index < -0.39 is 0 Å². The van der Waals surface area contributed by atoms with Gasteiger partial charge in [-0.1, -0.05) is 18.0 Å². The van der Waals surface area contributed by atoms with Gasteiger partial charge in [0.15, 0.2) is 4.77 Å². The molecule has 0 saturated heterocycles. The Morgan fingerprint density at radius 2 is 2.28 bits per heavy atom. The van der Waals surface area contributed by atoms with Gasteiger partial charge in [-0.15, -0.1) is 0 Å². The summed E-state index contributed by atoms with van der Waals surface area (Å²) < 4.78 is 3.37. The van der Waals surface area contributed by atoms with Gasteiger partial charge >= 0.3 is 0 Å². The van der Waals surface area contributed by atoms with Crippen molar-refractivity contribution >= 4 is 46.6 Å². The number of benzene rings is 1. The monoisotopic (exact) mass is 298 g/mol. The van der Waals surface area contributed by atoms with E-state index in [4.69, 9.17) is 23.8 Å². The standard InChI is InChI=1S/C13H15ClN2S2/c1-18-13(5-2-6-13)8-16-11-7-9(14)3-4-10(11)15-12(16)17/h3-4,7H,2,5-6,8H2,1H3,(H,15,17). The minimum absolute atomic E-state index is 0.371. The molecular weight excluding hydrogens is 284 g/mol. The fourth-order valence-corrected chi connectivity index (χ4v) is 3.96. The highest BCUT2D eigenvalue weighted by molar-refractivity contribution is 8.00. The highest BCUT2D eigenvalue weighted by Crippen LogP contribution is 2.44. The Hall–Kier alpha value is -0.450. The lowest BCUT2D eigenvalue weighted by molar-refractivity contribution is 0.323. The average Bonchev–Trinajstić information content (AvgIpc) is 2.60.